The van der Waals surface area contributed by atoms with Crippen LogP contribution in [0.4, 0.5) is 0 Å². The second-order valence-corrected chi connectivity index (χ2v) is 15.3. The van der Waals surface area contributed by atoms with Crippen molar-refractivity contribution in [2.45, 2.75) is 25.8 Å². The van der Waals surface area contributed by atoms with Gasteiger partial charge >= 0.3 is 22.4 Å². The van der Waals surface area contributed by atoms with E-state index in [1.807, 2.05) is 0 Å². The van der Waals surface area contributed by atoms with Crippen molar-refractivity contribution in [2.24, 2.45) is 0 Å². The monoisotopic (exact) mass is 698 g/mol. The van der Waals surface area contributed by atoms with Gasteiger partial charge in [0, 0.05) is 0 Å². The van der Waals surface area contributed by atoms with Gasteiger partial charge in [0.05, 0.1) is 0 Å². The Hall–Kier alpha value is -2.51. The van der Waals surface area contributed by atoms with Crippen molar-refractivity contribution in [3.05, 3.63) is 152 Å². The van der Waals surface area contributed by atoms with Crippen molar-refractivity contribution in [2.75, 3.05) is 0 Å². The Bertz CT molecular complexity index is 1160. The van der Waals surface area contributed by atoms with E-state index in [2.05, 4.69) is 172 Å². The molecule has 5 aromatic carbocycles. The summed E-state index contributed by atoms with van der Waals surface area (Å²) in [7, 11) is -1.16. The quantitative estimate of drug-likeness (QED) is 0.145. The first-order valence-electron chi connectivity index (χ1n) is 12.5. The molecule has 0 spiro atoms. The van der Waals surface area contributed by atoms with Gasteiger partial charge in [-0.15, -0.1) is 5.04 Å². The van der Waals surface area contributed by atoms with Crippen LogP contribution in [0.15, 0.2) is 152 Å². The first-order valence-corrected chi connectivity index (χ1v) is 15.3. The molecular weight excluding hydrogens is 664 g/mol. The average Bonchev–Trinajstić information content (AvgIpc) is 2.92. The smallest absolute Gasteiger partial charge is 0.245 e. The van der Waals surface area contributed by atoms with Crippen LogP contribution in [0.3, 0.4) is 0 Å². The molecule has 5 rings (SSSR count). The molecule has 0 aliphatic carbocycles. The van der Waals surface area contributed by atoms with Gasteiger partial charge in [0.1, 0.15) is 0 Å². The number of benzene rings is 5. The third-order valence-electron chi connectivity index (χ3n) is 5.92. The van der Waals surface area contributed by atoms with Crippen molar-refractivity contribution in [1.82, 2.24) is 0 Å². The molecule has 0 fully saturated rings. The van der Waals surface area contributed by atoms with Gasteiger partial charge in [-0.05, 0) is 23.8 Å². The van der Waals surface area contributed by atoms with E-state index in [9.17, 15) is 0 Å². The zero-order valence-corrected chi connectivity index (χ0v) is 25.7. The van der Waals surface area contributed by atoms with Crippen molar-refractivity contribution in [1.29, 1.82) is 0 Å². The van der Waals surface area contributed by atoms with Gasteiger partial charge < -0.3 is 0 Å². The molecule has 0 aliphatic rings. The number of hydrogen-bond donors (Lipinski definition) is 0. The average molecular weight is 699 g/mol. The summed E-state index contributed by atoms with van der Waals surface area (Å²) in [5, 5.41) is 7.51. The van der Waals surface area contributed by atoms with Gasteiger partial charge in [0.2, 0.25) is 0 Å². The van der Waals surface area contributed by atoms with Gasteiger partial charge in [0.15, 0.2) is 0 Å². The minimum Gasteiger partial charge on any atom is -0.245 e. The SMILES string of the molecule is CC(C)(C)[Si-](c1ccccc1)c1ccccc1.[Au+].c1ccc(P(c2ccccc2)c2ccccc2)cc1. The van der Waals surface area contributed by atoms with Crippen LogP contribution in [0, 0.1) is 0 Å². The van der Waals surface area contributed by atoms with Crippen molar-refractivity contribution in [3.63, 3.8) is 0 Å². The maximum atomic E-state index is 2.35. The van der Waals surface area contributed by atoms with E-state index in [0.29, 0.717) is 5.04 Å². The molecule has 5 aromatic rings. The molecule has 0 N–H and O–H groups in total. The molecule has 0 heterocycles. The van der Waals surface area contributed by atoms with Crippen LogP contribution in [-0.2, 0) is 22.4 Å². The second kappa shape index (κ2) is 14.4. The van der Waals surface area contributed by atoms with E-state index >= 15 is 0 Å². The molecular formula is C34H34AuPSi. The van der Waals surface area contributed by atoms with Crippen molar-refractivity contribution >= 4 is 43.0 Å². The Kier molecular flexibility index (Phi) is 11.3. The first kappa shape index (κ1) is 29.0. The minimum atomic E-state index is -0.715. The molecule has 0 saturated heterocycles. The fraction of sp³-hybridized carbons (Fsp3) is 0.118. The molecule has 0 aromatic heterocycles. The summed E-state index contributed by atoms with van der Waals surface area (Å²) in [5.74, 6) is 0. The van der Waals surface area contributed by atoms with E-state index in [1.165, 1.54) is 26.3 Å². The van der Waals surface area contributed by atoms with Crippen LogP contribution < -0.4 is 26.3 Å². The molecule has 0 atom stereocenters. The van der Waals surface area contributed by atoms with Crippen LogP contribution >= 0.6 is 7.92 Å². The standard InChI is InChI=1S/C18H15P.C16H19Si.Au/c1-4-10-16(11-5-1)19(17-12-6-2-7-13-17)18-14-8-3-9-15-18;1-16(2,3)17(14-10-6-4-7-11-14)15-12-8-5-9-13-15;/h1-15H;4-13H,1-3H3;/q;-1;+1. The largest absolute Gasteiger partial charge is 1.00 e. The zero-order chi connectivity index (χ0) is 25.2. The molecule has 3 heteroatoms. The Morgan fingerprint density at radius 1 is 0.405 bits per heavy atom. The van der Waals surface area contributed by atoms with Gasteiger partial charge in [-0.2, -0.15) is 10.4 Å². The maximum Gasteiger partial charge on any atom is 1.00 e. The third-order valence-corrected chi connectivity index (χ3v) is 11.7. The predicted octanol–water partition coefficient (Wildman–Crippen LogP) is 6.54. The van der Waals surface area contributed by atoms with E-state index in [0.717, 1.165) is 0 Å². The molecule has 0 aliphatic heterocycles. The number of hydrogen-bond acceptors (Lipinski definition) is 0. The molecule has 0 nitrogen and oxygen atoms in total. The van der Waals surface area contributed by atoms with Crippen molar-refractivity contribution in [3.8, 4) is 0 Å². The molecule has 0 bridgehead atoms. The predicted molar refractivity (Wildman–Crippen MR) is 163 cm³/mol. The summed E-state index contributed by atoms with van der Waals surface area (Å²) < 4.78 is 0. The fourth-order valence-corrected chi connectivity index (χ4v) is 9.84. The van der Waals surface area contributed by atoms with Crippen LogP contribution in [0.2, 0.25) is 5.04 Å². The Morgan fingerprint density at radius 2 is 0.649 bits per heavy atom. The molecule has 0 unspecified atom stereocenters. The second-order valence-electron chi connectivity index (χ2n) is 9.70. The van der Waals surface area contributed by atoms with E-state index in [1.54, 1.807) is 0 Å². The summed E-state index contributed by atoms with van der Waals surface area (Å²) in [4.78, 5) is 0. The van der Waals surface area contributed by atoms with Crippen LogP contribution in [0.1, 0.15) is 20.8 Å². The van der Waals surface area contributed by atoms with Crippen LogP contribution in [-0.4, -0.2) is 8.80 Å². The Labute approximate surface area is 241 Å². The molecule has 190 valence electrons. The van der Waals surface area contributed by atoms with E-state index in [4.69, 9.17) is 0 Å². The van der Waals surface area contributed by atoms with Gasteiger partial charge in [-0.3, -0.25) is 0 Å². The van der Waals surface area contributed by atoms with Gasteiger partial charge in [-0.25, -0.2) is 8.80 Å². The Morgan fingerprint density at radius 3 is 0.892 bits per heavy atom. The molecule has 0 radical (unpaired) electrons. The third kappa shape index (κ3) is 8.24. The summed E-state index contributed by atoms with van der Waals surface area (Å²) in [5.41, 5.74) is 0. The van der Waals surface area contributed by atoms with Crippen LogP contribution in [0.25, 0.3) is 0 Å². The normalized spacial score (nSPS) is 10.6. The number of rotatable bonds is 5. The topological polar surface area (TPSA) is 0 Å². The van der Waals surface area contributed by atoms with Crippen molar-refractivity contribution < 1.29 is 22.4 Å². The summed E-state index contributed by atoms with van der Waals surface area (Å²) in [6.45, 7) is 7.05. The van der Waals surface area contributed by atoms with E-state index < -0.39 is 16.7 Å². The maximum absolute atomic E-state index is 2.35. The van der Waals surface area contributed by atoms with Gasteiger partial charge in [0.25, 0.3) is 0 Å². The zero-order valence-electron chi connectivity index (χ0n) is 21.7. The Balaban J connectivity index is 0.000000201. The summed E-state index contributed by atoms with van der Waals surface area (Å²) in [6, 6.07) is 54.2. The van der Waals surface area contributed by atoms with Crippen LogP contribution in [0.5, 0.6) is 0 Å². The molecule has 0 saturated carbocycles. The first-order chi connectivity index (χ1) is 17.5. The fourth-order valence-electron chi connectivity index (χ4n) is 4.42. The molecule has 37 heavy (non-hydrogen) atoms. The molecule has 0 amide bonds. The summed E-state index contributed by atoms with van der Waals surface area (Å²) in [6.07, 6.45) is 0. The van der Waals surface area contributed by atoms with E-state index in [-0.39, 0.29) is 22.4 Å². The summed E-state index contributed by atoms with van der Waals surface area (Å²) >= 11 is 0. The minimum absolute atomic E-state index is 0. The van der Waals surface area contributed by atoms with Gasteiger partial charge in [-0.1, -0.05) is 172 Å².